The molecule has 3 aromatic rings. The van der Waals surface area contributed by atoms with Crippen LogP contribution >= 0.6 is 0 Å². The third kappa shape index (κ3) is 6.16. The fraction of sp³-hybridized carbons (Fsp3) is 0.333. The van der Waals surface area contributed by atoms with E-state index in [0.717, 1.165) is 48.9 Å². The van der Waals surface area contributed by atoms with Gasteiger partial charge in [-0.25, -0.2) is 8.42 Å². The second-order valence-corrected chi connectivity index (χ2v) is 11.5. The van der Waals surface area contributed by atoms with Crippen LogP contribution in [0.25, 0.3) is 5.69 Å². The Morgan fingerprint density at radius 2 is 1.68 bits per heavy atom. The van der Waals surface area contributed by atoms with Gasteiger partial charge in [0.15, 0.2) is 9.84 Å². The van der Waals surface area contributed by atoms with Gasteiger partial charge in [0.05, 0.1) is 10.5 Å². The Bertz CT molecular complexity index is 1510. The molecule has 0 radical (unpaired) electrons. The molecule has 1 N–H and O–H groups in total. The van der Waals surface area contributed by atoms with Crippen LogP contribution in [0, 0.1) is 6.92 Å². The summed E-state index contributed by atoms with van der Waals surface area (Å²) in [6.45, 7) is 3.86. The predicted octanol–water partition coefficient (Wildman–Crippen LogP) is 4.09. The summed E-state index contributed by atoms with van der Waals surface area (Å²) in [6, 6.07) is 12.0. The Balaban J connectivity index is 1.70. The fourth-order valence-corrected chi connectivity index (χ4v) is 5.16. The number of hydrogen-bond acceptors (Lipinski definition) is 5. The van der Waals surface area contributed by atoms with Crippen LogP contribution in [-0.2, 0) is 29.1 Å². The Hall–Kier alpha value is -3.44. The van der Waals surface area contributed by atoms with Gasteiger partial charge in [-0.2, -0.15) is 13.2 Å². The normalized spacial score (nSPS) is 14.6. The molecule has 1 fully saturated rings. The number of aromatic nitrogens is 1. The maximum absolute atomic E-state index is 13.5. The first-order valence-corrected chi connectivity index (χ1v) is 14.0. The highest BCUT2D eigenvalue weighted by atomic mass is 32.2. The molecule has 202 valence electrons. The van der Waals surface area contributed by atoms with Crippen LogP contribution < -0.4 is 10.9 Å². The summed E-state index contributed by atoms with van der Waals surface area (Å²) < 4.78 is 64.7. The van der Waals surface area contributed by atoms with Crippen molar-refractivity contribution in [1.82, 2.24) is 14.8 Å². The molecule has 2 aromatic carbocycles. The standard InChI is InChI=1S/C27H28F3N3O4S/c1-18-20(17-32-12-3-4-13-32)14-24(25(34)31-16-19-8-10-23(11-9-19)38(2,36)37)26(35)33(18)22-7-5-6-21(15-22)27(28,29)30/h5-11,14-15H,3-4,12-13,16-17H2,1-2H3,(H,31,34). The number of sulfone groups is 1. The molecule has 1 aliphatic rings. The molecule has 0 unspecified atom stereocenters. The van der Waals surface area contributed by atoms with Crippen molar-refractivity contribution in [2.75, 3.05) is 19.3 Å². The maximum Gasteiger partial charge on any atom is 0.416 e. The second-order valence-electron chi connectivity index (χ2n) is 9.44. The van der Waals surface area contributed by atoms with E-state index in [0.29, 0.717) is 23.4 Å². The summed E-state index contributed by atoms with van der Waals surface area (Å²) >= 11 is 0. The summed E-state index contributed by atoms with van der Waals surface area (Å²) in [4.78, 5) is 29.0. The smallest absolute Gasteiger partial charge is 0.348 e. The van der Waals surface area contributed by atoms with Crippen molar-refractivity contribution in [2.45, 2.75) is 43.9 Å². The average molecular weight is 548 g/mol. The van der Waals surface area contributed by atoms with Crippen molar-refractivity contribution in [1.29, 1.82) is 0 Å². The maximum atomic E-state index is 13.5. The Kier molecular flexibility index (Phi) is 7.80. The number of pyridine rings is 1. The quantitative estimate of drug-likeness (QED) is 0.482. The minimum atomic E-state index is -4.59. The van der Waals surface area contributed by atoms with E-state index >= 15 is 0 Å². The molecule has 0 aliphatic carbocycles. The SMILES string of the molecule is Cc1c(CN2CCCC2)cc(C(=O)NCc2ccc(S(C)(=O)=O)cc2)c(=O)n1-c1cccc(C(F)(F)F)c1. The highest BCUT2D eigenvalue weighted by molar-refractivity contribution is 7.90. The van der Waals surface area contributed by atoms with E-state index in [1.807, 2.05) is 0 Å². The minimum absolute atomic E-state index is 0.0241. The first-order chi connectivity index (χ1) is 17.8. The van der Waals surface area contributed by atoms with Crippen molar-refractivity contribution >= 4 is 15.7 Å². The van der Waals surface area contributed by atoms with Gasteiger partial charge < -0.3 is 5.32 Å². The molecule has 11 heteroatoms. The van der Waals surface area contributed by atoms with E-state index in [-0.39, 0.29) is 22.7 Å². The zero-order valence-corrected chi connectivity index (χ0v) is 21.8. The van der Waals surface area contributed by atoms with Gasteiger partial charge in [-0.05, 0) is 80.4 Å². The van der Waals surface area contributed by atoms with Gasteiger partial charge in [0, 0.05) is 30.7 Å². The Labute approximate surface area is 218 Å². The van der Waals surface area contributed by atoms with Crippen LogP contribution in [-0.4, -0.2) is 43.1 Å². The molecule has 1 aliphatic heterocycles. The molecule has 1 saturated heterocycles. The van der Waals surface area contributed by atoms with Crippen LogP contribution in [0.4, 0.5) is 13.2 Å². The van der Waals surface area contributed by atoms with Crippen LogP contribution in [0.15, 0.2) is 64.3 Å². The van der Waals surface area contributed by atoms with Crippen LogP contribution in [0.3, 0.4) is 0 Å². The van der Waals surface area contributed by atoms with Gasteiger partial charge in [0.25, 0.3) is 11.5 Å². The van der Waals surface area contributed by atoms with Crippen molar-refractivity contribution < 1.29 is 26.4 Å². The number of carbonyl (C=O) groups excluding carboxylic acids is 1. The molecule has 7 nitrogen and oxygen atoms in total. The number of amides is 1. The third-order valence-corrected chi connectivity index (χ3v) is 7.75. The first kappa shape index (κ1) is 27.6. The lowest BCUT2D eigenvalue weighted by molar-refractivity contribution is -0.137. The number of nitrogens with zero attached hydrogens (tertiary/aromatic N) is 2. The third-order valence-electron chi connectivity index (χ3n) is 6.63. The highest BCUT2D eigenvalue weighted by Crippen LogP contribution is 2.30. The van der Waals surface area contributed by atoms with E-state index < -0.39 is 33.0 Å². The summed E-state index contributed by atoms with van der Waals surface area (Å²) in [5.74, 6) is -0.675. The van der Waals surface area contributed by atoms with E-state index in [4.69, 9.17) is 0 Å². The van der Waals surface area contributed by atoms with E-state index in [1.54, 1.807) is 19.1 Å². The number of alkyl halides is 3. The molecule has 0 bridgehead atoms. The van der Waals surface area contributed by atoms with Gasteiger partial charge >= 0.3 is 6.18 Å². The number of likely N-dealkylation sites (tertiary alicyclic amines) is 1. The predicted molar refractivity (Wildman–Crippen MR) is 137 cm³/mol. The molecular weight excluding hydrogens is 519 g/mol. The monoisotopic (exact) mass is 547 g/mol. The topological polar surface area (TPSA) is 88.5 Å². The molecule has 1 amide bonds. The molecule has 2 heterocycles. The lowest BCUT2D eigenvalue weighted by Gasteiger charge is -2.21. The highest BCUT2D eigenvalue weighted by Gasteiger charge is 2.31. The zero-order chi connectivity index (χ0) is 27.7. The summed E-state index contributed by atoms with van der Waals surface area (Å²) in [5.41, 5.74) is -0.0215. The second kappa shape index (κ2) is 10.7. The van der Waals surface area contributed by atoms with Crippen LogP contribution in [0.2, 0.25) is 0 Å². The van der Waals surface area contributed by atoms with Crippen LogP contribution in [0.5, 0.6) is 0 Å². The van der Waals surface area contributed by atoms with Crippen molar-refractivity contribution in [3.63, 3.8) is 0 Å². The minimum Gasteiger partial charge on any atom is -0.348 e. The molecular formula is C27H28F3N3O4S. The van der Waals surface area contributed by atoms with E-state index in [2.05, 4.69) is 10.2 Å². The number of hydrogen-bond donors (Lipinski definition) is 1. The van der Waals surface area contributed by atoms with Crippen LogP contribution in [0.1, 0.15) is 45.6 Å². The van der Waals surface area contributed by atoms with Crippen molar-refractivity contribution in [3.05, 3.63) is 92.9 Å². The molecule has 4 rings (SSSR count). The van der Waals surface area contributed by atoms with E-state index in [1.165, 1.54) is 30.3 Å². The number of nitrogens with one attached hydrogen (secondary N) is 1. The molecule has 38 heavy (non-hydrogen) atoms. The van der Waals surface area contributed by atoms with Gasteiger partial charge in [0.2, 0.25) is 0 Å². The van der Waals surface area contributed by atoms with Crippen molar-refractivity contribution in [2.24, 2.45) is 0 Å². The largest absolute Gasteiger partial charge is 0.416 e. The first-order valence-electron chi connectivity index (χ1n) is 12.1. The molecule has 1 aromatic heterocycles. The number of rotatable bonds is 7. The van der Waals surface area contributed by atoms with Gasteiger partial charge in [-0.15, -0.1) is 0 Å². The zero-order valence-electron chi connectivity index (χ0n) is 21.0. The van der Waals surface area contributed by atoms with Crippen molar-refractivity contribution in [3.8, 4) is 5.69 Å². The van der Waals surface area contributed by atoms with E-state index in [9.17, 15) is 31.2 Å². The fourth-order valence-electron chi connectivity index (χ4n) is 4.53. The average Bonchev–Trinajstić information content (AvgIpc) is 3.37. The van der Waals surface area contributed by atoms with Gasteiger partial charge in [-0.1, -0.05) is 18.2 Å². The Morgan fingerprint density at radius 1 is 1.03 bits per heavy atom. The Morgan fingerprint density at radius 3 is 2.29 bits per heavy atom. The molecule has 0 spiro atoms. The lowest BCUT2D eigenvalue weighted by atomic mass is 10.1. The molecule has 0 saturated carbocycles. The van der Waals surface area contributed by atoms with Gasteiger partial charge in [0.1, 0.15) is 5.56 Å². The number of halogens is 3. The number of carbonyl (C=O) groups is 1. The summed E-state index contributed by atoms with van der Waals surface area (Å²) in [5, 5.41) is 2.67. The summed E-state index contributed by atoms with van der Waals surface area (Å²) in [6.07, 6.45) is -1.44. The number of benzene rings is 2. The lowest BCUT2D eigenvalue weighted by Crippen LogP contribution is -2.34. The summed E-state index contributed by atoms with van der Waals surface area (Å²) in [7, 11) is -3.37. The van der Waals surface area contributed by atoms with Gasteiger partial charge in [-0.3, -0.25) is 19.1 Å². The molecule has 0 atom stereocenters.